The maximum atomic E-state index is 12.5. The predicted molar refractivity (Wildman–Crippen MR) is 110 cm³/mol. The van der Waals surface area contributed by atoms with Gasteiger partial charge in [0.2, 0.25) is 11.1 Å². The van der Waals surface area contributed by atoms with Gasteiger partial charge in [0.1, 0.15) is 11.5 Å². The van der Waals surface area contributed by atoms with Gasteiger partial charge >= 0.3 is 0 Å². The number of anilines is 1. The van der Waals surface area contributed by atoms with E-state index in [9.17, 15) is 4.79 Å². The van der Waals surface area contributed by atoms with Crippen LogP contribution in [0.1, 0.15) is 6.92 Å². The van der Waals surface area contributed by atoms with Crippen molar-refractivity contribution in [1.82, 2.24) is 15.2 Å². The highest BCUT2D eigenvalue weighted by atomic mass is 35.5. The fourth-order valence-corrected chi connectivity index (χ4v) is 3.38. The molecule has 0 radical (unpaired) electrons. The molecule has 0 aliphatic rings. The number of benzene rings is 2. The lowest BCUT2D eigenvalue weighted by molar-refractivity contribution is -0.115. The van der Waals surface area contributed by atoms with Gasteiger partial charge in [-0.1, -0.05) is 35.5 Å². The average molecular weight is 419 g/mol. The molecule has 0 fully saturated rings. The fraction of sp³-hybridized carbons (Fsp3) is 0.211. The van der Waals surface area contributed by atoms with Crippen LogP contribution < -0.4 is 14.8 Å². The van der Waals surface area contributed by atoms with E-state index < -0.39 is 5.25 Å². The number of carbonyl (C=O) groups excluding carboxylic acids is 1. The van der Waals surface area contributed by atoms with E-state index in [1.165, 1.54) is 11.8 Å². The van der Waals surface area contributed by atoms with Crippen LogP contribution >= 0.6 is 23.4 Å². The SMILES string of the molecule is COc1ccccc1NC(=O)[C@@H](C)Sc1n[nH]c(-c2cc(Cl)ccc2OC)n1. The number of nitrogens with one attached hydrogen (secondary N) is 2. The second-order valence-corrected chi connectivity index (χ2v) is 7.51. The van der Waals surface area contributed by atoms with Gasteiger partial charge in [0.15, 0.2) is 5.82 Å². The summed E-state index contributed by atoms with van der Waals surface area (Å²) in [5.41, 5.74) is 1.31. The van der Waals surface area contributed by atoms with E-state index in [1.54, 1.807) is 51.5 Å². The van der Waals surface area contributed by atoms with Crippen molar-refractivity contribution in [3.05, 3.63) is 47.5 Å². The van der Waals surface area contributed by atoms with E-state index in [4.69, 9.17) is 21.1 Å². The van der Waals surface area contributed by atoms with Crippen molar-refractivity contribution in [3.8, 4) is 22.9 Å². The summed E-state index contributed by atoms with van der Waals surface area (Å²) >= 11 is 7.31. The number of thioether (sulfide) groups is 1. The Labute approximate surface area is 171 Å². The maximum Gasteiger partial charge on any atom is 0.237 e. The first-order valence-corrected chi connectivity index (χ1v) is 9.64. The first kappa shape index (κ1) is 20.0. The molecule has 2 aromatic carbocycles. The van der Waals surface area contributed by atoms with Crippen molar-refractivity contribution in [2.45, 2.75) is 17.3 Å². The molecule has 2 N–H and O–H groups in total. The molecule has 146 valence electrons. The Bertz CT molecular complexity index is 979. The van der Waals surface area contributed by atoms with E-state index in [0.717, 1.165) is 0 Å². The first-order valence-electron chi connectivity index (χ1n) is 8.38. The molecule has 1 atom stereocenters. The van der Waals surface area contributed by atoms with Gasteiger partial charge in [0.25, 0.3) is 0 Å². The van der Waals surface area contributed by atoms with Crippen molar-refractivity contribution in [3.63, 3.8) is 0 Å². The zero-order valence-electron chi connectivity index (χ0n) is 15.5. The number of ether oxygens (including phenoxy) is 2. The van der Waals surface area contributed by atoms with E-state index in [-0.39, 0.29) is 5.91 Å². The van der Waals surface area contributed by atoms with Gasteiger partial charge in [-0.2, -0.15) is 0 Å². The highest BCUT2D eigenvalue weighted by Crippen LogP contribution is 2.32. The highest BCUT2D eigenvalue weighted by molar-refractivity contribution is 8.00. The van der Waals surface area contributed by atoms with Gasteiger partial charge in [0.05, 0.1) is 30.7 Å². The van der Waals surface area contributed by atoms with Crippen LogP contribution in [0.25, 0.3) is 11.4 Å². The van der Waals surface area contributed by atoms with Crippen LogP contribution in [0.4, 0.5) is 5.69 Å². The lowest BCUT2D eigenvalue weighted by Gasteiger charge is -2.12. The summed E-state index contributed by atoms with van der Waals surface area (Å²) in [6.45, 7) is 1.78. The van der Waals surface area contributed by atoms with E-state index in [1.807, 2.05) is 12.1 Å². The standard InChI is InChI=1S/C19H19ClN4O3S/c1-11(18(25)21-14-6-4-5-7-16(14)27-3)28-19-22-17(23-24-19)13-10-12(20)8-9-15(13)26-2/h4-11H,1-3H3,(H,21,25)(H,22,23,24)/t11-/m1/s1. The maximum absolute atomic E-state index is 12.5. The molecule has 0 aliphatic carbocycles. The van der Waals surface area contributed by atoms with Crippen LogP contribution in [0.15, 0.2) is 47.6 Å². The average Bonchev–Trinajstić information content (AvgIpc) is 3.16. The van der Waals surface area contributed by atoms with Crippen LogP contribution in [-0.2, 0) is 4.79 Å². The Morgan fingerprint density at radius 1 is 1.18 bits per heavy atom. The summed E-state index contributed by atoms with van der Waals surface area (Å²) in [4.78, 5) is 17.0. The number of nitrogens with zero attached hydrogens (tertiary/aromatic N) is 2. The Kier molecular flexibility index (Phi) is 6.43. The second kappa shape index (κ2) is 8.99. The summed E-state index contributed by atoms with van der Waals surface area (Å²) in [5, 5.41) is 10.5. The number of methoxy groups -OCH3 is 2. The number of H-pyrrole nitrogens is 1. The third-order valence-corrected chi connectivity index (χ3v) is 5.09. The molecule has 0 saturated heterocycles. The number of rotatable bonds is 7. The van der Waals surface area contributed by atoms with Crippen molar-refractivity contribution >= 4 is 35.0 Å². The monoisotopic (exact) mass is 418 g/mol. The Hall–Kier alpha value is -2.71. The van der Waals surface area contributed by atoms with Gasteiger partial charge in [-0.05, 0) is 37.3 Å². The quantitative estimate of drug-likeness (QED) is 0.557. The molecule has 28 heavy (non-hydrogen) atoms. The van der Waals surface area contributed by atoms with Crippen molar-refractivity contribution in [2.75, 3.05) is 19.5 Å². The first-order chi connectivity index (χ1) is 13.5. The van der Waals surface area contributed by atoms with E-state index in [0.29, 0.717) is 38.8 Å². The van der Waals surface area contributed by atoms with Gasteiger partial charge < -0.3 is 14.8 Å². The number of para-hydroxylation sites is 2. The smallest absolute Gasteiger partial charge is 0.237 e. The molecule has 7 nitrogen and oxygen atoms in total. The zero-order chi connectivity index (χ0) is 20.1. The predicted octanol–water partition coefficient (Wildman–Crippen LogP) is 4.26. The topological polar surface area (TPSA) is 89.1 Å². The Morgan fingerprint density at radius 3 is 2.68 bits per heavy atom. The molecule has 0 saturated carbocycles. The summed E-state index contributed by atoms with van der Waals surface area (Å²) in [6.07, 6.45) is 0. The lowest BCUT2D eigenvalue weighted by atomic mass is 10.2. The van der Waals surface area contributed by atoms with Crippen LogP contribution in [0.5, 0.6) is 11.5 Å². The van der Waals surface area contributed by atoms with Crippen LogP contribution in [0.3, 0.4) is 0 Å². The zero-order valence-corrected chi connectivity index (χ0v) is 17.1. The molecule has 0 aliphatic heterocycles. The summed E-state index contributed by atoms with van der Waals surface area (Å²) in [5.74, 6) is 1.56. The molecule has 1 aromatic heterocycles. The van der Waals surface area contributed by atoms with Crippen LogP contribution in [0.2, 0.25) is 5.02 Å². The molecular formula is C19H19ClN4O3S. The van der Waals surface area contributed by atoms with E-state index >= 15 is 0 Å². The largest absolute Gasteiger partial charge is 0.496 e. The third kappa shape index (κ3) is 4.58. The summed E-state index contributed by atoms with van der Waals surface area (Å²) < 4.78 is 10.6. The lowest BCUT2D eigenvalue weighted by Crippen LogP contribution is -2.22. The normalized spacial score (nSPS) is 11.7. The van der Waals surface area contributed by atoms with Crippen LogP contribution in [0, 0.1) is 0 Å². The Morgan fingerprint density at radius 2 is 1.93 bits per heavy atom. The molecule has 0 spiro atoms. The number of amides is 1. The van der Waals surface area contributed by atoms with Crippen LogP contribution in [-0.4, -0.2) is 40.6 Å². The molecule has 9 heteroatoms. The minimum atomic E-state index is -0.421. The van der Waals surface area contributed by atoms with Crippen molar-refractivity contribution in [2.24, 2.45) is 0 Å². The number of aromatic amines is 1. The van der Waals surface area contributed by atoms with E-state index in [2.05, 4.69) is 20.5 Å². The number of hydrogen-bond donors (Lipinski definition) is 2. The molecule has 0 bridgehead atoms. The second-order valence-electron chi connectivity index (χ2n) is 5.76. The van der Waals surface area contributed by atoms with Gasteiger partial charge in [-0.3, -0.25) is 9.89 Å². The molecule has 3 aromatic rings. The van der Waals surface area contributed by atoms with Gasteiger partial charge in [0, 0.05) is 5.02 Å². The third-order valence-electron chi connectivity index (χ3n) is 3.90. The fourth-order valence-electron chi connectivity index (χ4n) is 2.48. The molecule has 1 heterocycles. The van der Waals surface area contributed by atoms with Crippen molar-refractivity contribution < 1.29 is 14.3 Å². The Balaban J connectivity index is 1.71. The molecule has 3 rings (SSSR count). The van der Waals surface area contributed by atoms with Gasteiger partial charge in [-0.25, -0.2) is 4.98 Å². The molecular weight excluding hydrogens is 400 g/mol. The minimum Gasteiger partial charge on any atom is -0.496 e. The highest BCUT2D eigenvalue weighted by Gasteiger charge is 2.19. The number of carbonyl (C=O) groups is 1. The number of hydrogen-bond acceptors (Lipinski definition) is 6. The van der Waals surface area contributed by atoms with Gasteiger partial charge in [-0.15, -0.1) is 5.10 Å². The number of halogens is 1. The summed E-state index contributed by atoms with van der Waals surface area (Å²) in [6, 6.07) is 12.5. The van der Waals surface area contributed by atoms with Crippen molar-refractivity contribution in [1.29, 1.82) is 0 Å². The minimum absolute atomic E-state index is 0.179. The summed E-state index contributed by atoms with van der Waals surface area (Å²) in [7, 11) is 3.13. The molecule has 1 amide bonds. The number of aromatic nitrogens is 3. The molecule has 0 unspecified atom stereocenters.